The minimum atomic E-state index is -0.969. The number of carbonyl (C=O) groups is 1. The van der Waals surface area contributed by atoms with E-state index in [1.165, 1.54) is 0 Å². The number of nitrogens with zero attached hydrogens (tertiary/aromatic N) is 1. The number of rotatable bonds is 4. The molecule has 82 valence electrons. The van der Waals surface area contributed by atoms with Gasteiger partial charge in [-0.25, -0.2) is 0 Å². The van der Waals surface area contributed by atoms with Gasteiger partial charge in [-0.2, -0.15) is 0 Å². The lowest BCUT2D eigenvalue weighted by Gasteiger charge is -2.11. The minimum absolute atomic E-state index is 0.356. The van der Waals surface area contributed by atoms with E-state index in [9.17, 15) is 4.79 Å². The SMILES string of the molecule is CCN=C1C=C(C[C@H](N)C(=O)O)C=CC1. The van der Waals surface area contributed by atoms with Gasteiger partial charge < -0.3 is 10.8 Å². The first-order valence-electron chi connectivity index (χ1n) is 5.02. The zero-order chi connectivity index (χ0) is 11.3. The van der Waals surface area contributed by atoms with Crippen LogP contribution >= 0.6 is 0 Å². The van der Waals surface area contributed by atoms with Gasteiger partial charge in [0.05, 0.1) is 0 Å². The van der Waals surface area contributed by atoms with Gasteiger partial charge in [-0.15, -0.1) is 0 Å². The molecular weight excluding hydrogens is 192 g/mol. The van der Waals surface area contributed by atoms with E-state index >= 15 is 0 Å². The average molecular weight is 208 g/mol. The van der Waals surface area contributed by atoms with Crippen molar-refractivity contribution >= 4 is 11.7 Å². The van der Waals surface area contributed by atoms with Gasteiger partial charge in [0.25, 0.3) is 0 Å². The van der Waals surface area contributed by atoms with Crippen LogP contribution in [0.5, 0.6) is 0 Å². The van der Waals surface area contributed by atoms with E-state index in [2.05, 4.69) is 4.99 Å². The van der Waals surface area contributed by atoms with Crippen LogP contribution in [0.15, 0.2) is 28.8 Å². The normalized spacial score (nSPS) is 20.1. The summed E-state index contributed by atoms with van der Waals surface area (Å²) in [6, 6.07) is -0.832. The van der Waals surface area contributed by atoms with Crippen LogP contribution in [0, 0.1) is 0 Å². The Hall–Kier alpha value is -1.42. The lowest BCUT2D eigenvalue weighted by Crippen LogP contribution is -2.30. The molecule has 3 N–H and O–H groups in total. The lowest BCUT2D eigenvalue weighted by atomic mass is 9.99. The number of allylic oxidation sites excluding steroid dienone is 3. The quantitative estimate of drug-likeness (QED) is 0.727. The van der Waals surface area contributed by atoms with E-state index in [0.717, 1.165) is 24.3 Å². The Balaban J connectivity index is 2.65. The van der Waals surface area contributed by atoms with Crippen molar-refractivity contribution in [3.63, 3.8) is 0 Å². The van der Waals surface area contributed by atoms with Gasteiger partial charge in [0.2, 0.25) is 0 Å². The first-order valence-corrected chi connectivity index (χ1v) is 5.02. The Labute approximate surface area is 89.2 Å². The van der Waals surface area contributed by atoms with Crippen molar-refractivity contribution in [3.8, 4) is 0 Å². The fourth-order valence-electron chi connectivity index (χ4n) is 1.43. The molecule has 0 aliphatic heterocycles. The Morgan fingerprint density at radius 3 is 3.07 bits per heavy atom. The molecule has 1 aliphatic carbocycles. The Morgan fingerprint density at radius 1 is 1.73 bits per heavy atom. The van der Waals surface area contributed by atoms with Crippen LogP contribution < -0.4 is 5.73 Å². The Kier molecular flexibility index (Phi) is 4.24. The third kappa shape index (κ3) is 3.67. The smallest absolute Gasteiger partial charge is 0.320 e. The largest absolute Gasteiger partial charge is 0.480 e. The van der Waals surface area contributed by atoms with Crippen molar-refractivity contribution < 1.29 is 9.90 Å². The van der Waals surface area contributed by atoms with Crippen LogP contribution in [0.2, 0.25) is 0 Å². The summed E-state index contributed by atoms with van der Waals surface area (Å²) < 4.78 is 0. The third-order valence-electron chi connectivity index (χ3n) is 2.14. The molecule has 1 aliphatic rings. The number of carboxylic acid groups (broad SMARTS) is 1. The van der Waals surface area contributed by atoms with E-state index in [0.29, 0.717) is 6.42 Å². The monoisotopic (exact) mass is 208 g/mol. The maximum absolute atomic E-state index is 10.6. The molecular formula is C11H16N2O2. The first kappa shape index (κ1) is 11.7. The maximum atomic E-state index is 10.6. The summed E-state index contributed by atoms with van der Waals surface area (Å²) in [6.45, 7) is 2.72. The summed E-state index contributed by atoms with van der Waals surface area (Å²) in [4.78, 5) is 14.9. The Morgan fingerprint density at radius 2 is 2.47 bits per heavy atom. The Bertz CT molecular complexity index is 329. The van der Waals surface area contributed by atoms with Crippen LogP contribution in [0.3, 0.4) is 0 Å². The standard InChI is InChI=1S/C11H16N2O2/c1-2-13-9-5-3-4-8(6-9)7-10(12)11(14)15/h3-4,6,10H,2,5,7,12H2,1H3,(H,14,15)/t10-/m0/s1. The fraction of sp³-hybridized carbons (Fsp3) is 0.455. The molecule has 1 atom stereocenters. The van der Waals surface area contributed by atoms with E-state index in [1.54, 1.807) is 0 Å². The summed E-state index contributed by atoms with van der Waals surface area (Å²) in [5.74, 6) is -0.969. The van der Waals surface area contributed by atoms with Crippen molar-refractivity contribution in [2.45, 2.75) is 25.8 Å². The van der Waals surface area contributed by atoms with Crippen molar-refractivity contribution in [1.29, 1.82) is 0 Å². The second-order valence-electron chi connectivity index (χ2n) is 3.44. The number of aliphatic imine (C=N–C) groups is 1. The molecule has 0 radical (unpaired) electrons. The van der Waals surface area contributed by atoms with Gasteiger partial charge in [0.1, 0.15) is 6.04 Å². The number of carboxylic acids is 1. The van der Waals surface area contributed by atoms with Crippen molar-refractivity contribution in [2.75, 3.05) is 6.54 Å². The summed E-state index contributed by atoms with van der Waals surface area (Å²) in [5, 5.41) is 8.68. The van der Waals surface area contributed by atoms with Crippen molar-refractivity contribution in [1.82, 2.24) is 0 Å². The predicted molar refractivity (Wildman–Crippen MR) is 60.0 cm³/mol. The second-order valence-corrected chi connectivity index (χ2v) is 3.44. The topological polar surface area (TPSA) is 75.7 Å². The number of hydrogen-bond donors (Lipinski definition) is 2. The van der Waals surface area contributed by atoms with Crippen LogP contribution in [-0.2, 0) is 4.79 Å². The van der Waals surface area contributed by atoms with E-state index in [1.807, 2.05) is 25.2 Å². The molecule has 0 saturated heterocycles. The molecule has 0 aromatic heterocycles. The molecule has 0 amide bonds. The summed E-state index contributed by atoms with van der Waals surface area (Å²) in [6.07, 6.45) is 7.00. The molecule has 4 nitrogen and oxygen atoms in total. The molecule has 0 saturated carbocycles. The molecule has 0 aromatic rings. The molecule has 15 heavy (non-hydrogen) atoms. The zero-order valence-electron chi connectivity index (χ0n) is 8.81. The highest BCUT2D eigenvalue weighted by Crippen LogP contribution is 2.13. The minimum Gasteiger partial charge on any atom is -0.480 e. The van der Waals surface area contributed by atoms with Crippen LogP contribution in [0.4, 0.5) is 0 Å². The van der Waals surface area contributed by atoms with Gasteiger partial charge in [0, 0.05) is 18.7 Å². The zero-order valence-corrected chi connectivity index (χ0v) is 8.81. The predicted octanol–water partition coefficient (Wildman–Crippen LogP) is 1.14. The lowest BCUT2D eigenvalue weighted by molar-refractivity contribution is -0.138. The molecule has 0 bridgehead atoms. The molecule has 4 heteroatoms. The second kappa shape index (κ2) is 5.46. The van der Waals surface area contributed by atoms with E-state index in [4.69, 9.17) is 10.8 Å². The van der Waals surface area contributed by atoms with Crippen molar-refractivity contribution in [3.05, 3.63) is 23.8 Å². The van der Waals surface area contributed by atoms with Crippen LogP contribution in [0.25, 0.3) is 0 Å². The number of aliphatic carboxylic acids is 1. The first-order chi connectivity index (χ1) is 7.13. The number of nitrogens with two attached hydrogens (primary N) is 1. The van der Waals surface area contributed by atoms with Gasteiger partial charge in [-0.3, -0.25) is 9.79 Å². The van der Waals surface area contributed by atoms with Gasteiger partial charge >= 0.3 is 5.97 Å². The summed E-state index contributed by atoms with van der Waals surface area (Å²) in [7, 11) is 0. The van der Waals surface area contributed by atoms with Gasteiger partial charge in [-0.05, 0) is 25.0 Å². The van der Waals surface area contributed by atoms with E-state index in [-0.39, 0.29) is 0 Å². The van der Waals surface area contributed by atoms with Crippen molar-refractivity contribution in [2.24, 2.45) is 10.7 Å². The summed E-state index contributed by atoms with van der Waals surface area (Å²) in [5.41, 5.74) is 7.38. The molecule has 0 aromatic carbocycles. The highest BCUT2D eigenvalue weighted by Gasteiger charge is 2.13. The van der Waals surface area contributed by atoms with Gasteiger partial charge in [0.15, 0.2) is 0 Å². The third-order valence-corrected chi connectivity index (χ3v) is 2.14. The highest BCUT2D eigenvalue weighted by molar-refractivity contribution is 5.98. The molecule has 0 unspecified atom stereocenters. The van der Waals surface area contributed by atoms with Crippen LogP contribution in [-0.4, -0.2) is 29.4 Å². The van der Waals surface area contributed by atoms with E-state index < -0.39 is 12.0 Å². The van der Waals surface area contributed by atoms with Gasteiger partial charge in [-0.1, -0.05) is 12.2 Å². The summed E-state index contributed by atoms with van der Waals surface area (Å²) >= 11 is 0. The fourth-order valence-corrected chi connectivity index (χ4v) is 1.43. The number of hydrogen-bond acceptors (Lipinski definition) is 3. The molecule has 0 fully saturated rings. The molecule has 0 spiro atoms. The van der Waals surface area contributed by atoms with Crippen LogP contribution in [0.1, 0.15) is 19.8 Å². The average Bonchev–Trinajstić information content (AvgIpc) is 2.18. The molecule has 1 rings (SSSR count). The highest BCUT2D eigenvalue weighted by atomic mass is 16.4. The maximum Gasteiger partial charge on any atom is 0.320 e. The molecule has 0 heterocycles.